The standard InChI is InChI=1S/C22H23FN2O3S/c1-2-28-22(27)16-7-5-10-24(13-16)21(26)19-12-20-18(9-11-29-20)25(19)14-15-6-3-4-8-17(15)23/h3-4,6,8-9,11-12,16H,2,5,7,10,13-14H2,1H3. The minimum absolute atomic E-state index is 0.126. The minimum Gasteiger partial charge on any atom is -0.466 e. The Morgan fingerprint density at radius 1 is 1.28 bits per heavy atom. The fraction of sp³-hybridized carbons (Fsp3) is 0.364. The van der Waals surface area contributed by atoms with Gasteiger partial charge in [0.25, 0.3) is 5.91 Å². The third kappa shape index (κ3) is 3.92. The van der Waals surface area contributed by atoms with Crippen molar-refractivity contribution in [3.05, 3.63) is 58.9 Å². The fourth-order valence-corrected chi connectivity index (χ4v) is 4.72. The molecule has 29 heavy (non-hydrogen) atoms. The van der Waals surface area contributed by atoms with E-state index in [0.717, 1.165) is 23.1 Å². The van der Waals surface area contributed by atoms with Crippen molar-refractivity contribution in [3.63, 3.8) is 0 Å². The number of esters is 1. The Labute approximate surface area is 172 Å². The molecule has 3 heterocycles. The SMILES string of the molecule is CCOC(=O)C1CCCN(C(=O)c2cc3sccc3n2Cc2ccccc2F)C1. The Hall–Kier alpha value is -2.67. The van der Waals surface area contributed by atoms with Gasteiger partial charge in [-0.1, -0.05) is 18.2 Å². The van der Waals surface area contributed by atoms with Crippen LogP contribution in [0, 0.1) is 11.7 Å². The smallest absolute Gasteiger partial charge is 0.310 e. The quantitative estimate of drug-likeness (QED) is 0.585. The second-order valence-corrected chi connectivity index (χ2v) is 8.17. The van der Waals surface area contributed by atoms with Crippen LogP contribution in [-0.2, 0) is 16.1 Å². The topological polar surface area (TPSA) is 51.5 Å². The van der Waals surface area contributed by atoms with Crippen molar-refractivity contribution in [2.45, 2.75) is 26.3 Å². The van der Waals surface area contributed by atoms with E-state index in [-0.39, 0.29) is 30.2 Å². The van der Waals surface area contributed by atoms with Crippen LogP contribution < -0.4 is 0 Å². The number of benzene rings is 1. The van der Waals surface area contributed by atoms with Crippen LogP contribution in [0.25, 0.3) is 10.2 Å². The van der Waals surface area contributed by atoms with Crippen LogP contribution in [0.3, 0.4) is 0 Å². The van der Waals surface area contributed by atoms with Gasteiger partial charge >= 0.3 is 5.97 Å². The maximum Gasteiger partial charge on any atom is 0.310 e. The van der Waals surface area contributed by atoms with Gasteiger partial charge in [-0.2, -0.15) is 0 Å². The molecule has 3 aromatic rings. The molecule has 4 rings (SSSR count). The molecule has 1 aliphatic rings. The van der Waals surface area contributed by atoms with Crippen molar-refractivity contribution in [2.75, 3.05) is 19.7 Å². The molecule has 1 aliphatic heterocycles. The highest BCUT2D eigenvalue weighted by atomic mass is 32.1. The molecule has 1 aromatic carbocycles. The van der Waals surface area contributed by atoms with Gasteiger partial charge in [-0.15, -0.1) is 11.3 Å². The van der Waals surface area contributed by atoms with Crippen LogP contribution in [-0.4, -0.2) is 41.0 Å². The van der Waals surface area contributed by atoms with E-state index in [2.05, 4.69) is 0 Å². The van der Waals surface area contributed by atoms with Crippen LogP contribution in [0.15, 0.2) is 41.8 Å². The molecule has 0 N–H and O–H groups in total. The van der Waals surface area contributed by atoms with Crippen LogP contribution in [0.5, 0.6) is 0 Å². The zero-order valence-corrected chi connectivity index (χ0v) is 17.1. The number of piperidine rings is 1. The largest absolute Gasteiger partial charge is 0.466 e. The zero-order valence-electron chi connectivity index (χ0n) is 16.3. The summed E-state index contributed by atoms with van der Waals surface area (Å²) >= 11 is 1.55. The number of fused-ring (bicyclic) bond motifs is 1. The Balaban J connectivity index is 1.63. The lowest BCUT2D eigenvalue weighted by atomic mass is 9.98. The second-order valence-electron chi connectivity index (χ2n) is 7.22. The number of aromatic nitrogens is 1. The average molecular weight is 415 g/mol. The van der Waals surface area contributed by atoms with E-state index in [1.54, 1.807) is 41.4 Å². The summed E-state index contributed by atoms with van der Waals surface area (Å²) in [6.45, 7) is 3.36. The summed E-state index contributed by atoms with van der Waals surface area (Å²) in [5.41, 5.74) is 1.98. The molecule has 0 bridgehead atoms. The summed E-state index contributed by atoms with van der Waals surface area (Å²) in [4.78, 5) is 27.2. The maximum atomic E-state index is 14.3. The number of likely N-dealkylation sites (tertiary alicyclic amines) is 1. The molecule has 1 unspecified atom stereocenters. The predicted octanol–water partition coefficient (Wildman–Crippen LogP) is 4.31. The molecule has 0 radical (unpaired) electrons. The highest BCUT2D eigenvalue weighted by Crippen LogP contribution is 2.29. The van der Waals surface area contributed by atoms with Gasteiger partial charge in [0, 0.05) is 18.7 Å². The van der Waals surface area contributed by atoms with Crippen LogP contribution >= 0.6 is 11.3 Å². The number of halogens is 1. The number of hydrogen-bond acceptors (Lipinski definition) is 4. The van der Waals surface area contributed by atoms with Gasteiger partial charge in [0.15, 0.2) is 0 Å². The lowest BCUT2D eigenvalue weighted by molar-refractivity contribution is -0.149. The monoisotopic (exact) mass is 414 g/mol. The van der Waals surface area contributed by atoms with Crippen LogP contribution in [0.4, 0.5) is 4.39 Å². The lowest BCUT2D eigenvalue weighted by Crippen LogP contribution is -2.43. The number of thiophene rings is 1. The molecule has 2 aromatic heterocycles. The average Bonchev–Trinajstić information content (AvgIpc) is 3.32. The first-order chi connectivity index (χ1) is 14.1. The first-order valence-electron chi connectivity index (χ1n) is 9.84. The normalized spacial score (nSPS) is 16.9. The third-order valence-electron chi connectivity index (χ3n) is 5.36. The number of nitrogens with zero attached hydrogens (tertiary/aromatic N) is 2. The molecule has 1 fully saturated rings. The Morgan fingerprint density at radius 2 is 2.10 bits per heavy atom. The van der Waals surface area contributed by atoms with Crippen molar-refractivity contribution in [1.29, 1.82) is 0 Å². The van der Waals surface area contributed by atoms with Crippen molar-refractivity contribution in [1.82, 2.24) is 9.47 Å². The van der Waals surface area contributed by atoms with Crippen LogP contribution in [0.2, 0.25) is 0 Å². The van der Waals surface area contributed by atoms with E-state index in [0.29, 0.717) is 31.0 Å². The number of amides is 1. The van der Waals surface area contributed by atoms with Gasteiger partial charge < -0.3 is 14.2 Å². The highest BCUT2D eigenvalue weighted by Gasteiger charge is 2.31. The molecule has 0 aliphatic carbocycles. The molecule has 0 saturated carbocycles. The van der Waals surface area contributed by atoms with Gasteiger partial charge in [0.05, 0.1) is 29.3 Å². The molecular weight excluding hydrogens is 391 g/mol. The van der Waals surface area contributed by atoms with Gasteiger partial charge in [0.2, 0.25) is 0 Å². The van der Waals surface area contributed by atoms with Crippen molar-refractivity contribution < 1.29 is 18.7 Å². The maximum absolute atomic E-state index is 14.3. The van der Waals surface area contributed by atoms with E-state index in [9.17, 15) is 14.0 Å². The molecule has 0 spiro atoms. The minimum atomic E-state index is -0.289. The highest BCUT2D eigenvalue weighted by molar-refractivity contribution is 7.17. The van der Waals surface area contributed by atoms with Gasteiger partial charge in [-0.25, -0.2) is 4.39 Å². The molecule has 1 atom stereocenters. The Bertz CT molecular complexity index is 1040. The van der Waals surface area contributed by atoms with Gasteiger partial charge in [0.1, 0.15) is 11.5 Å². The Morgan fingerprint density at radius 3 is 2.90 bits per heavy atom. The fourth-order valence-electron chi connectivity index (χ4n) is 3.90. The predicted molar refractivity (Wildman–Crippen MR) is 111 cm³/mol. The van der Waals surface area contributed by atoms with Gasteiger partial charge in [-0.3, -0.25) is 9.59 Å². The number of carbonyl (C=O) groups excluding carboxylic acids is 2. The van der Waals surface area contributed by atoms with E-state index >= 15 is 0 Å². The van der Waals surface area contributed by atoms with Crippen molar-refractivity contribution in [3.8, 4) is 0 Å². The van der Waals surface area contributed by atoms with E-state index in [1.165, 1.54) is 6.07 Å². The molecule has 7 heteroatoms. The number of ether oxygens (including phenoxy) is 1. The molecule has 1 saturated heterocycles. The van der Waals surface area contributed by atoms with E-state index in [1.807, 2.05) is 22.1 Å². The van der Waals surface area contributed by atoms with Crippen molar-refractivity contribution in [2.24, 2.45) is 5.92 Å². The van der Waals surface area contributed by atoms with E-state index < -0.39 is 0 Å². The molecule has 5 nitrogen and oxygen atoms in total. The first kappa shape index (κ1) is 19.6. The van der Waals surface area contributed by atoms with Crippen molar-refractivity contribution >= 4 is 33.4 Å². The summed E-state index contributed by atoms with van der Waals surface area (Å²) in [5.74, 6) is -0.946. The molecule has 152 valence electrons. The van der Waals surface area contributed by atoms with Crippen LogP contribution in [0.1, 0.15) is 35.8 Å². The second kappa shape index (κ2) is 8.37. The summed E-state index contributed by atoms with van der Waals surface area (Å²) in [7, 11) is 0. The lowest BCUT2D eigenvalue weighted by Gasteiger charge is -2.31. The number of carbonyl (C=O) groups is 2. The zero-order chi connectivity index (χ0) is 20.4. The molecular formula is C22H23FN2O3S. The summed E-state index contributed by atoms with van der Waals surface area (Å²) < 4.78 is 22.3. The summed E-state index contributed by atoms with van der Waals surface area (Å²) in [5, 5.41) is 1.97. The summed E-state index contributed by atoms with van der Waals surface area (Å²) in [6, 6.07) is 10.4. The summed E-state index contributed by atoms with van der Waals surface area (Å²) in [6.07, 6.45) is 1.49. The van der Waals surface area contributed by atoms with E-state index in [4.69, 9.17) is 4.74 Å². The number of rotatable bonds is 5. The van der Waals surface area contributed by atoms with Gasteiger partial charge in [-0.05, 0) is 43.3 Å². The first-order valence-corrected chi connectivity index (χ1v) is 10.7. The number of hydrogen-bond donors (Lipinski definition) is 0. The molecule has 1 amide bonds. The third-order valence-corrected chi connectivity index (χ3v) is 6.21. The Kier molecular flexibility index (Phi) is 5.67.